The van der Waals surface area contributed by atoms with Crippen molar-refractivity contribution in [3.63, 3.8) is 0 Å². The Kier molecular flexibility index (Phi) is 6.49. The molecule has 3 aromatic rings. The highest BCUT2D eigenvalue weighted by Crippen LogP contribution is 2.43. The molecule has 3 atom stereocenters. The van der Waals surface area contributed by atoms with Gasteiger partial charge < -0.3 is 19.5 Å². The van der Waals surface area contributed by atoms with Crippen LogP contribution < -0.4 is 4.74 Å². The molecule has 0 heterocycles. The van der Waals surface area contributed by atoms with Crippen LogP contribution >= 0.6 is 0 Å². The van der Waals surface area contributed by atoms with E-state index in [1.807, 2.05) is 80.8 Å². The van der Waals surface area contributed by atoms with Crippen LogP contribution in [0.2, 0.25) is 0 Å². The van der Waals surface area contributed by atoms with Crippen molar-refractivity contribution < 1.29 is 19.4 Å². The molecule has 0 aliphatic heterocycles. The normalized spacial score (nSPS) is 23.3. The van der Waals surface area contributed by atoms with Crippen LogP contribution in [0.15, 0.2) is 66.7 Å². The number of hydrogen-bond donors (Lipinski definition) is 1. The molecule has 5 nitrogen and oxygen atoms in total. The lowest BCUT2D eigenvalue weighted by molar-refractivity contribution is -0.0960. The summed E-state index contributed by atoms with van der Waals surface area (Å²) in [5.41, 5.74) is 0.412. The monoisotopic (exact) mass is 433 g/mol. The molecule has 3 aromatic carbocycles. The molecule has 0 aromatic heterocycles. The lowest BCUT2D eigenvalue weighted by Gasteiger charge is -2.44. The predicted molar refractivity (Wildman–Crippen MR) is 126 cm³/mol. The molecule has 0 bridgehead atoms. The molecule has 1 aliphatic rings. The van der Waals surface area contributed by atoms with Gasteiger partial charge >= 0.3 is 5.97 Å². The number of rotatable bonds is 6. The zero-order chi connectivity index (χ0) is 22.7. The Morgan fingerprint density at radius 2 is 1.84 bits per heavy atom. The van der Waals surface area contributed by atoms with Crippen LogP contribution in [0, 0.1) is 5.92 Å². The summed E-state index contributed by atoms with van der Waals surface area (Å²) in [6, 6.07) is 21.3. The van der Waals surface area contributed by atoms with Gasteiger partial charge in [0.15, 0.2) is 0 Å². The van der Waals surface area contributed by atoms with Crippen LogP contribution in [0.4, 0.5) is 0 Å². The predicted octanol–water partition coefficient (Wildman–Crippen LogP) is 4.62. The summed E-state index contributed by atoms with van der Waals surface area (Å²) in [7, 11) is 5.62. The van der Waals surface area contributed by atoms with Gasteiger partial charge in [0, 0.05) is 12.5 Å². The zero-order valence-corrected chi connectivity index (χ0v) is 19.0. The van der Waals surface area contributed by atoms with Gasteiger partial charge in [-0.1, -0.05) is 42.5 Å². The lowest BCUT2D eigenvalue weighted by atomic mass is 9.70. The molecule has 5 heteroatoms. The fraction of sp³-hybridized carbons (Fsp3) is 0.370. The fourth-order valence-electron chi connectivity index (χ4n) is 4.80. The number of aliphatic hydroxyl groups is 1. The molecule has 168 valence electrons. The van der Waals surface area contributed by atoms with Crippen LogP contribution in [0.5, 0.6) is 5.75 Å². The molecule has 0 radical (unpaired) electrons. The van der Waals surface area contributed by atoms with E-state index in [0.717, 1.165) is 22.1 Å². The summed E-state index contributed by atoms with van der Waals surface area (Å²) in [6.45, 7) is 0.692. The maximum atomic E-state index is 12.9. The smallest absolute Gasteiger partial charge is 0.338 e. The lowest BCUT2D eigenvalue weighted by Crippen LogP contribution is -2.47. The van der Waals surface area contributed by atoms with E-state index in [2.05, 4.69) is 4.90 Å². The van der Waals surface area contributed by atoms with E-state index in [-0.39, 0.29) is 18.0 Å². The third-order valence-electron chi connectivity index (χ3n) is 6.48. The Morgan fingerprint density at radius 1 is 1.06 bits per heavy atom. The Balaban J connectivity index is 1.52. The summed E-state index contributed by atoms with van der Waals surface area (Å²) >= 11 is 0. The van der Waals surface area contributed by atoms with Crippen molar-refractivity contribution in [3.8, 4) is 5.75 Å². The van der Waals surface area contributed by atoms with Gasteiger partial charge in [0.25, 0.3) is 0 Å². The highest BCUT2D eigenvalue weighted by Gasteiger charge is 2.44. The minimum Gasteiger partial charge on any atom is -0.497 e. The van der Waals surface area contributed by atoms with Gasteiger partial charge in [0.1, 0.15) is 11.9 Å². The molecule has 1 N–H and O–H groups in total. The van der Waals surface area contributed by atoms with Crippen LogP contribution in [-0.4, -0.2) is 49.8 Å². The number of fused-ring (bicyclic) bond motifs is 1. The summed E-state index contributed by atoms with van der Waals surface area (Å²) in [6.07, 6.45) is 1.50. The molecule has 0 amide bonds. The Hall–Kier alpha value is -2.89. The highest BCUT2D eigenvalue weighted by molar-refractivity contribution is 5.95. The number of benzene rings is 3. The van der Waals surface area contributed by atoms with Crippen LogP contribution in [0.3, 0.4) is 0 Å². The number of nitrogens with zero attached hydrogens (tertiary/aromatic N) is 1. The van der Waals surface area contributed by atoms with E-state index >= 15 is 0 Å². The van der Waals surface area contributed by atoms with Crippen LogP contribution in [0.1, 0.15) is 35.2 Å². The summed E-state index contributed by atoms with van der Waals surface area (Å²) < 4.78 is 11.3. The Morgan fingerprint density at radius 3 is 2.59 bits per heavy atom. The van der Waals surface area contributed by atoms with Gasteiger partial charge in [-0.25, -0.2) is 4.79 Å². The van der Waals surface area contributed by atoms with Crippen molar-refractivity contribution in [2.45, 2.75) is 31.0 Å². The van der Waals surface area contributed by atoms with Crippen molar-refractivity contribution >= 4 is 16.7 Å². The zero-order valence-electron chi connectivity index (χ0n) is 19.0. The summed E-state index contributed by atoms with van der Waals surface area (Å²) in [5, 5.41) is 13.8. The van der Waals surface area contributed by atoms with E-state index < -0.39 is 5.60 Å². The molecule has 0 saturated heterocycles. The third kappa shape index (κ3) is 4.64. The minimum atomic E-state index is -0.995. The van der Waals surface area contributed by atoms with Gasteiger partial charge in [0.2, 0.25) is 0 Å². The van der Waals surface area contributed by atoms with Gasteiger partial charge in [-0.15, -0.1) is 0 Å². The third-order valence-corrected chi connectivity index (χ3v) is 6.48. The van der Waals surface area contributed by atoms with Crippen LogP contribution in [0.25, 0.3) is 10.8 Å². The maximum Gasteiger partial charge on any atom is 0.338 e. The maximum absolute atomic E-state index is 12.9. The van der Waals surface area contributed by atoms with E-state index in [0.29, 0.717) is 31.4 Å². The van der Waals surface area contributed by atoms with Crippen LogP contribution in [-0.2, 0) is 10.3 Å². The molecule has 1 fully saturated rings. The fourth-order valence-corrected chi connectivity index (χ4v) is 4.80. The number of carbonyl (C=O) groups excluding carboxylic acids is 1. The first kappa shape index (κ1) is 22.3. The molecule has 0 spiro atoms. The first-order valence-corrected chi connectivity index (χ1v) is 11.1. The average molecular weight is 434 g/mol. The first-order chi connectivity index (χ1) is 15.4. The summed E-state index contributed by atoms with van der Waals surface area (Å²) in [4.78, 5) is 15.0. The van der Waals surface area contributed by atoms with Crippen molar-refractivity contribution in [1.82, 2.24) is 4.90 Å². The second-order valence-electron chi connectivity index (χ2n) is 8.98. The van der Waals surface area contributed by atoms with E-state index in [4.69, 9.17) is 9.47 Å². The highest BCUT2D eigenvalue weighted by atomic mass is 16.5. The Bertz CT molecular complexity index is 1100. The number of esters is 1. The number of hydrogen-bond acceptors (Lipinski definition) is 5. The van der Waals surface area contributed by atoms with Crippen molar-refractivity contribution in [1.29, 1.82) is 0 Å². The second-order valence-corrected chi connectivity index (χ2v) is 8.98. The molecule has 1 saturated carbocycles. The molecule has 32 heavy (non-hydrogen) atoms. The van der Waals surface area contributed by atoms with Gasteiger partial charge in [-0.2, -0.15) is 0 Å². The molecule has 1 aliphatic carbocycles. The van der Waals surface area contributed by atoms with Gasteiger partial charge in [0.05, 0.1) is 18.3 Å². The average Bonchev–Trinajstić information content (AvgIpc) is 2.80. The molecule has 4 rings (SSSR count). The van der Waals surface area contributed by atoms with E-state index in [1.165, 1.54) is 0 Å². The SMILES string of the molecule is COc1cccc(C2(O)CCC(OC(=O)c3ccc4ccccc4c3)CC2CN(C)C)c1. The van der Waals surface area contributed by atoms with Crippen molar-refractivity contribution in [3.05, 3.63) is 77.9 Å². The van der Waals surface area contributed by atoms with E-state index in [1.54, 1.807) is 7.11 Å². The number of methoxy groups -OCH3 is 1. The topological polar surface area (TPSA) is 59.0 Å². The quantitative estimate of drug-likeness (QED) is 0.575. The number of ether oxygens (including phenoxy) is 2. The standard InChI is InChI=1S/C27H31NO4/c1-28(2)18-23-17-25(13-14-27(23,30)22-9-6-10-24(16-22)31-3)32-26(29)21-12-11-19-7-4-5-8-20(19)15-21/h4-12,15-16,23,25,30H,13-14,17-18H2,1-3H3. The minimum absolute atomic E-state index is 0.0761. The number of carbonyl (C=O) groups is 1. The van der Waals surface area contributed by atoms with Gasteiger partial charge in [-0.05, 0) is 74.0 Å². The first-order valence-electron chi connectivity index (χ1n) is 11.1. The molecular weight excluding hydrogens is 402 g/mol. The van der Waals surface area contributed by atoms with Crippen molar-refractivity contribution in [2.75, 3.05) is 27.7 Å². The second kappa shape index (κ2) is 9.31. The largest absolute Gasteiger partial charge is 0.497 e. The Labute approximate surface area is 189 Å². The van der Waals surface area contributed by atoms with Crippen molar-refractivity contribution in [2.24, 2.45) is 5.92 Å². The van der Waals surface area contributed by atoms with Gasteiger partial charge in [-0.3, -0.25) is 0 Å². The molecular formula is C27H31NO4. The molecule has 3 unspecified atom stereocenters. The van der Waals surface area contributed by atoms with E-state index in [9.17, 15) is 9.90 Å². The summed E-state index contributed by atoms with van der Waals surface area (Å²) in [5.74, 6) is 0.341.